The zero-order chi connectivity index (χ0) is 22.6. The molecule has 1 heterocycles. The van der Waals surface area contributed by atoms with Crippen molar-refractivity contribution in [1.82, 2.24) is 9.71 Å². The molecule has 32 heavy (non-hydrogen) atoms. The molecule has 7 nitrogen and oxygen atoms in total. The minimum absolute atomic E-state index is 0.0657. The molecule has 0 unspecified atom stereocenters. The van der Waals surface area contributed by atoms with E-state index in [4.69, 9.17) is 16.3 Å². The van der Waals surface area contributed by atoms with Crippen molar-refractivity contribution in [1.29, 1.82) is 0 Å². The summed E-state index contributed by atoms with van der Waals surface area (Å²) >= 11 is 5.85. The summed E-state index contributed by atoms with van der Waals surface area (Å²) in [6.07, 6.45) is 4.05. The second-order valence-electron chi connectivity index (χ2n) is 7.53. The van der Waals surface area contributed by atoms with Gasteiger partial charge in [0.2, 0.25) is 21.8 Å². The zero-order valence-electron chi connectivity index (χ0n) is 17.1. The molecule has 1 aliphatic rings. The summed E-state index contributed by atoms with van der Waals surface area (Å²) in [5.41, 5.74) is 1.45. The molecule has 0 saturated heterocycles. The molecule has 4 rings (SSSR count). The first-order chi connectivity index (χ1) is 15.4. The van der Waals surface area contributed by atoms with Crippen LogP contribution < -0.4 is 14.8 Å². The number of hydrogen-bond donors (Lipinski definition) is 2. The number of sulfonamides is 1. The third-order valence-corrected chi connectivity index (χ3v) is 6.62. The number of benzene rings is 2. The van der Waals surface area contributed by atoms with Crippen LogP contribution >= 0.6 is 11.6 Å². The Labute approximate surface area is 191 Å². The molecule has 0 aliphatic heterocycles. The number of pyridine rings is 1. The average molecular weight is 472 g/mol. The van der Waals surface area contributed by atoms with E-state index >= 15 is 0 Å². The van der Waals surface area contributed by atoms with Crippen molar-refractivity contribution in [3.05, 3.63) is 77.4 Å². The summed E-state index contributed by atoms with van der Waals surface area (Å²) in [6, 6.07) is 17.0. The second-order valence-corrected chi connectivity index (χ2v) is 9.68. The maximum absolute atomic E-state index is 12.3. The Hall–Kier alpha value is -2.94. The van der Waals surface area contributed by atoms with Crippen LogP contribution in [0.4, 0.5) is 5.69 Å². The van der Waals surface area contributed by atoms with E-state index in [9.17, 15) is 13.2 Å². The Kier molecular flexibility index (Phi) is 6.74. The van der Waals surface area contributed by atoms with Crippen LogP contribution in [0.2, 0.25) is 5.02 Å². The van der Waals surface area contributed by atoms with Gasteiger partial charge in [0.05, 0.1) is 16.8 Å². The predicted molar refractivity (Wildman–Crippen MR) is 122 cm³/mol. The Morgan fingerprint density at radius 1 is 1.03 bits per heavy atom. The van der Waals surface area contributed by atoms with Gasteiger partial charge in [0.15, 0.2) is 0 Å². The van der Waals surface area contributed by atoms with Crippen molar-refractivity contribution in [3.8, 4) is 11.6 Å². The molecular weight excluding hydrogens is 450 g/mol. The summed E-state index contributed by atoms with van der Waals surface area (Å²) in [6.45, 7) is 0. The quantitative estimate of drug-likeness (QED) is 0.477. The SMILES string of the molecule is O=C(CCc1ccc(S(=O)(=O)NC2CC2)cc1)Nc1ccc(Oc2ccc(Cl)cc2)nc1. The van der Waals surface area contributed by atoms with Gasteiger partial charge in [-0.25, -0.2) is 18.1 Å². The molecule has 1 aliphatic carbocycles. The Bertz CT molecular complexity index is 1180. The van der Waals surface area contributed by atoms with E-state index in [1.54, 1.807) is 60.7 Å². The smallest absolute Gasteiger partial charge is 0.240 e. The number of ether oxygens (including phenoxy) is 1. The van der Waals surface area contributed by atoms with Crippen LogP contribution in [0.15, 0.2) is 71.8 Å². The van der Waals surface area contributed by atoms with Crippen molar-refractivity contribution in [3.63, 3.8) is 0 Å². The topological polar surface area (TPSA) is 97.4 Å². The van der Waals surface area contributed by atoms with Gasteiger partial charge >= 0.3 is 0 Å². The summed E-state index contributed by atoms with van der Waals surface area (Å²) in [4.78, 5) is 16.7. The molecular formula is C23H22ClN3O4S. The van der Waals surface area contributed by atoms with Crippen molar-refractivity contribution < 1.29 is 17.9 Å². The molecule has 1 amide bonds. The normalized spacial score (nSPS) is 13.5. The maximum atomic E-state index is 12.3. The minimum atomic E-state index is -3.46. The number of halogens is 1. The number of hydrogen-bond acceptors (Lipinski definition) is 5. The maximum Gasteiger partial charge on any atom is 0.240 e. The van der Waals surface area contributed by atoms with E-state index < -0.39 is 10.0 Å². The van der Waals surface area contributed by atoms with Crippen LogP contribution in [0.3, 0.4) is 0 Å². The zero-order valence-corrected chi connectivity index (χ0v) is 18.7. The first-order valence-electron chi connectivity index (χ1n) is 10.2. The van der Waals surface area contributed by atoms with Gasteiger partial charge in [-0.05, 0) is 67.3 Å². The molecule has 0 bridgehead atoms. The molecule has 166 valence electrons. The van der Waals surface area contributed by atoms with Gasteiger partial charge in [0, 0.05) is 23.6 Å². The summed E-state index contributed by atoms with van der Waals surface area (Å²) < 4.78 is 32.7. The lowest BCUT2D eigenvalue weighted by Crippen LogP contribution is -2.25. The van der Waals surface area contributed by atoms with Gasteiger partial charge < -0.3 is 10.1 Å². The fraction of sp³-hybridized carbons (Fsp3) is 0.217. The van der Waals surface area contributed by atoms with Gasteiger partial charge in [0.25, 0.3) is 0 Å². The van der Waals surface area contributed by atoms with E-state index in [0.717, 1.165) is 18.4 Å². The highest BCUT2D eigenvalue weighted by molar-refractivity contribution is 7.89. The van der Waals surface area contributed by atoms with Crippen molar-refractivity contribution in [2.45, 2.75) is 36.6 Å². The lowest BCUT2D eigenvalue weighted by molar-refractivity contribution is -0.116. The summed E-state index contributed by atoms with van der Waals surface area (Å²) in [7, 11) is -3.46. The molecule has 3 aromatic rings. The highest BCUT2D eigenvalue weighted by Crippen LogP contribution is 2.23. The van der Waals surface area contributed by atoms with E-state index in [0.29, 0.717) is 28.8 Å². The molecule has 2 aromatic carbocycles. The number of anilines is 1. The van der Waals surface area contributed by atoms with Crippen LogP contribution in [-0.4, -0.2) is 25.4 Å². The van der Waals surface area contributed by atoms with Gasteiger partial charge in [-0.15, -0.1) is 0 Å². The first-order valence-corrected chi connectivity index (χ1v) is 12.0. The highest BCUT2D eigenvalue weighted by Gasteiger charge is 2.27. The van der Waals surface area contributed by atoms with Gasteiger partial charge in [0.1, 0.15) is 5.75 Å². The third-order valence-electron chi connectivity index (χ3n) is 4.83. The lowest BCUT2D eigenvalue weighted by Gasteiger charge is -2.08. The molecule has 0 spiro atoms. The number of aryl methyl sites for hydroxylation is 1. The first kappa shape index (κ1) is 22.3. The summed E-state index contributed by atoms with van der Waals surface area (Å²) in [5.74, 6) is 0.850. The van der Waals surface area contributed by atoms with E-state index in [1.807, 2.05) is 0 Å². The lowest BCUT2D eigenvalue weighted by atomic mass is 10.1. The number of nitrogens with zero attached hydrogens (tertiary/aromatic N) is 1. The predicted octanol–water partition coefficient (Wildman–Crippen LogP) is 4.54. The molecule has 0 atom stereocenters. The Balaban J connectivity index is 1.26. The van der Waals surface area contributed by atoms with Crippen LogP contribution in [0, 0.1) is 0 Å². The number of rotatable bonds is 9. The molecule has 1 saturated carbocycles. The van der Waals surface area contributed by atoms with Crippen LogP contribution in [0.25, 0.3) is 0 Å². The number of carbonyl (C=O) groups is 1. The van der Waals surface area contributed by atoms with E-state index in [1.165, 1.54) is 6.20 Å². The highest BCUT2D eigenvalue weighted by atomic mass is 35.5. The molecule has 2 N–H and O–H groups in total. The Morgan fingerprint density at radius 3 is 2.38 bits per heavy atom. The molecule has 1 fully saturated rings. The van der Waals surface area contributed by atoms with Crippen LogP contribution in [0.1, 0.15) is 24.8 Å². The minimum Gasteiger partial charge on any atom is -0.439 e. The average Bonchev–Trinajstić information content (AvgIpc) is 3.59. The fourth-order valence-electron chi connectivity index (χ4n) is 2.94. The number of nitrogens with one attached hydrogen (secondary N) is 2. The number of amides is 1. The van der Waals surface area contributed by atoms with Crippen LogP contribution in [-0.2, 0) is 21.2 Å². The molecule has 0 radical (unpaired) electrons. The van der Waals surface area contributed by atoms with Crippen molar-refractivity contribution in [2.24, 2.45) is 0 Å². The number of carbonyl (C=O) groups excluding carboxylic acids is 1. The van der Waals surface area contributed by atoms with Crippen molar-refractivity contribution in [2.75, 3.05) is 5.32 Å². The molecule has 9 heteroatoms. The molecule has 1 aromatic heterocycles. The number of aromatic nitrogens is 1. The largest absolute Gasteiger partial charge is 0.439 e. The Morgan fingerprint density at radius 2 is 1.75 bits per heavy atom. The van der Waals surface area contributed by atoms with Crippen molar-refractivity contribution >= 4 is 33.2 Å². The van der Waals surface area contributed by atoms with E-state index in [2.05, 4.69) is 15.0 Å². The fourth-order valence-corrected chi connectivity index (χ4v) is 4.37. The van der Waals surface area contributed by atoms with Gasteiger partial charge in [-0.3, -0.25) is 4.79 Å². The second kappa shape index (κ2) is 9.68. The van der Waals surface area contributed by atoms with Gasteiger partial charge in [-0.2, -0.15) is 0 Å². The van der Waals surface area contributed by atoms with Crippen LogP contribution in [0.5, 0.6) is 11.6 Å². The van der Waals surface area contributed by atoms with E-state index in [-0.39, 0.29) is 23.3 Å². The summed E-state index contributed by atoms with van der Waals surface area (Å²) in [5, 5.41) is 3.41. The standard InChI is InChI=1S/C23H22ClN3O4S/c24-17-4-9-20(10-5-17)31-23-14-8-19(15-25-23)26-22(28)13-3-16-1-11-21(12-2-16)32(29,30)27-18-6-7-18/h1-2,4-5,8-12,14-15,18,27H,3,6-7,13H2,(H,26,28). The van der Waals surface area contributed by atoms with Gasteiger partial charge in [-0.1, -0.05) is 23.7 Å². The monoisotopic (exact) mass is 471 g/mol. The third kappa shape index (κ3) is 6.29.